The fraction of sp³-hybridized carbons (Fsp3) is 0.120. The molecule has 1 aliphatic rings. The highest BCUT2D eigenvalue weighted by atomic mass is 19.1. The van der Waals surface area contributed by atoms with E-state index in [9.17, 15) is 19.2 Å². The second kappa shape index (κ2) is 9.32. The molecule has 0 aromatic heterocycles. The van der Waals surface area contributed by atoms with Gasteiger partial charge in [0.05, 0.1) is 17.5 Å². The van der Waals surface area contributed by atoms with Gasteiger partial charge in [0.1, 0.15) is 11.9 Å². The Bertz CT molecular complexity index is 1270. The molecule has 0 saturated heterocycles. The minimum absolute atomic E-state index is 0.208. The lowest BCUT2D eigenvalue weighted by Gasteiger charge is -2.21. The molecule has 1 heterocycles. The number of carbonyl (C=O) groups excluding carboxylic acids is 2. The molecule has 4 rings (SSSR count). The number of fused-ring (bicyclic) bond motifs is 1. The molecular formula is C25H20FN5O2. The molecule has 3 aromatic rings. The average molecular weight is 441 g/mol. The molecule has 0 radical (unpaired) electrons. The smallest absolute Gasteiger partial charge is 0.318 e. The van der Waals surface area contributed by atoms with Crippen LogP contribution in [0.5, 0.6) is 0 Å². The third-order valence-corrected chi connectivity index (χ3v) is 5.28. The van der Waals surface area contributed by atoms with Crippen LogP contribution < -0.4 is 15.5 Å². The Hall–Kier alpha value is -4.51. The lowest BCUT2D eigenvalue weighted by Crippen LogP contribution is -2.49. The normalized spacial score (nSPS) is 16.0. The van der Waals surface area contributed by atoms with Gasteiger partial charge in [-0.05, 0) is 23.8 Å². The number of anilines is 1. The van der Waals surface area contributed by atoms with E-state index in [-0.39, 0.29) is 11.3 Å². The van der Waals surface area contributed by atoms with Crippen molar-refractivity contribution in [3.63, 3.8) is 0 Å². The van der Waals surface area contributed by atoms with Crippen molar-refractivity contribution in [3.8, 4) is 6.07 Å². The van der Waals surface area contributed by atoms with E-state index < -0.39 is 30.0 Å². The zero-order valence-electron chi connectivity index (χ0n) is 17.7. The highest BCUT2D eigenvalue weighted by molar-refractivity contribution is 6.20. The van der Waals surface area contributed by atoms with Gasteiger partial charge in [-0.1, -0.05) is 60.7 Å². The van der Waals surface area contributed by atoms with Gasteiger partial charge >= 0.3 is 6.03 Å². The van der Waals surface area contributed by atoms with E-state index in [0.717, 1.165) is 0 Å². The Morgan fingerprint density at radius 3 is 2.36 bits per heavy atom. The number of urea groups is 1. The monoisotopic (exact) mass is 441 g/mol. The van der Waals surface area contributed by atoms with Crippen LogP contribution >= 0.6 is 0 Å². The van der Waals surface area contributed by atoms with Gasteiger partial charge in [-0.3, -0.25) is 4.79 Å². The average Bonchev–Trinajstić information content (AvgIpc) is 2.94. The lowest BCUT2D eigenvalue weighted by molar-refractivity contribution is -0.119. The van der Waals surface area contributed by atoms with Crippen LogP contribution in [-0.4, -0.2) is 30.9 Å². The number of nitrogens with one attached hydrogen (secondary N) is 2. The quantitative estimate of drug-likeness (QED) is 0.648. The Kier molecular flexibility index (Phi) is 6.13. The van der Waals surface area contributed by atoms with Gasteiger partial charge in [-0.25, -0.2) is 14.2 Å². The molecule has 2 N–H and O–H groups in total. The van der Waals surface area contributed by atoms with Crippen molar-refractivity contribution < 1.29 is 14.0 Å². The summed E-state index contributed by atoms with van der Waals surface area (Å²) in [7, 11) is 1.57. The highest BCUT2D eigenvalue weighted by Crippen LogP contribution is 2.28. The van der Waals surface area contributed by atoms with Crippen LogP contribution in [0.15, 0.2) is 83.9 Å². The number of nitriles is 1. The molecule has 2 atom stereocenters. The first-order valence-corrected chi connectivity index (χ1v) is 10.2. The summed E-state index contributed by atoms with van der Waals surface area (Å²) in [5.41, 5.74) is 2.14. The van der Waals surface area contributed by atoms with Gasteiger partial charge < -0.3 is 15.5 Å². The standard InChI is InChI=1S/C25H20FN5O2/c1-31-21-14-8-6-12-18(21)22(17-11-5-7-13-19(17)26)29-23(24(31)32)30-25(33)28-20(15-27)16-9-3-2-4-10-16/h2-14,20,23H,1H3,(H2,28,30,33). The molecule has 0 fully saturated rings. The molecule has 0 aliphatic carbocycles. The predicted molar refractivity (Wildman–Crippen MR) is 122 cm³/mol. The van der Waals surface area contributed by atoms with Crippen LogP contribution in [0, 0.1) is 17.1 Å². The van der Waals surface area contributed by atoms with E-state index in [1.165, 1.54) is 11.0 Å². The summed E-state index contributed by atoms with van der Waals surface area (Å²) >= 11 is 0. The number of para-hydroxylation sites is 1. The second-order valence-electron chi connectivity index (χ2n) is 7.37. The van der Waals surface area contributed by atoms with Crippen molar-refractivity contribution in [1.82, 2.24) is 10.6 Å². The number of halogens is 1. The van der Waals surface area contributed by atoms with Gasteiger partial charge in [0.15, 0.2) is 0 Å². The molecule has 2 unspecified atom stereocenters. The van der Waals surface area contributed by atoms with Crippen molar-refractivity contribution in [2.24, 2.45) is 4.99 Å². The third-order valence-electron chi connectivity index (χ3n) is 5.28. The van der Waals surface area contributed by atoms with Gasteiger partial charge in [0.2, 0.25) is 6.17 Å². The predicted octanol–water partition coefficient (Wildman–Crippen LogP) is 3.53. The summed E-state index contributed by atoms with van der Waals surface area (Å²) in [5, 5.41) is 14.5. The minimum Gasteiger partial charge on any atom is -0.318 e. The first-order valence-electron chi connectivity index (χ1n) is 10.2. The molecule has 7 nitrogen and oxygen atoms in total. The van der Waals surface area contributed by atoms with E-state index in [4.69, 9.17) is 0 Å². The van der Waals surface area contributed by atoms with Gasteiger partial charge in [0.25, 0.3) is 5.91 Å². The number of rotatable bonds is 4. The molecule has 0 saturated carbocycles. The number of hydrogen-bond acceptors (Lipinski definition) is 4. The van der Waals surface area contributed by atoms with Crippen LogP contribution in [0.25, 0.3) is 0 Å². The number of nitrogens with zero attached hydrogens (tertiary/aromatic N) is 3. The molecule has 3 amide bonds. The van der Waals surface area contributed by atoms with E-state index in [0.29, 0.717) is 16.8 Å². The molecule has 1 aliphatic heterocycles. The summed E-state index contributed by atoms with van der Waals surface area (Å²) in [6, 6.07) is 22.2. The molecule has 8 heteroatoms. The van der Waals surface area contributed by atoms with Gasteiger partial charge in [-0.15, -0.1) is 0 Å². The van der Waals surface area contributed by atoms with Crippen molar-refractivity contribution in [3.05, 3.63) is 101 Å². The van der Waals surface area contributed by atoms with Crippen LogP contribution in [0.1, 0.15) is 22.7 Å². The number of hydrogen-bond donors (Lipinski definition) is 2. The maximum absolute atomic E-state index is 14.7. The Morgan fingerprint density at radius 2 is 1.67 bits per heavy atom. The lowest BCUT2D eigenvalue weighted by atomic mass is 10.00. The maximum Gasteiger partial charge on any atom is 0.318 e. The van der Waals surface area contributed by atoms with Crippen molar-refractivity contribution in [2.45, 2.75) is 12.2 Å². The summed E-state index contributed by atoms with van der Waals surface area (Å²) in [6.07, 6.45) is -1.33. The zero-order chi connectivity index (χ0) is 23.4. The van der Waals surface area contributed by atoms with Crippen LogP contribution in [0.2, 0.25) is 0 Å². The number of benzodiazepines with no additional fused rings is 1. The number of aliphatic imine (C=N–C) groups is 1. The first kappa shape index (κ1) is 21.7. The van der Waals surface area contributed by atoms with Crippen LogP contribution in [0.3, 0.4) is 0 Å². The molecule has 3 aromatic carbocycles. The Morgan fingerprint density at radius 1 is 1.03 bits per heavy atom. The molecule has 33 heavy (non-hydrogen) atoms. The number of benzene rings is 3. The van der Waals surface area contributed by atoms with E-state index in [1.807, 2.05) is 6.07 Å². The second-order valence-corrected chi connectivity index (χ2v) is 7.37. The van der Waals surface area contributed by atoms with Crippen molar-refractivity contribution >= 4 is 23.3 Å². The first-order chi connectivity index (χ1) is 16.0. The maximum atomic E-state index is 14.7. The summed E-state index contributed by atoms with van der Waals surface area (Å²) in [6.45, 7) is 0. The van der Waals surface area contributed by atoms with Crippen LogP contribution in [-0.2, 0) is 4.79 Å². The van der Waals surface area contributed by atoms with Gasteiger partial charge in [-0.2, -0.15) is 5.26 Å². The fourth-order valence-corrected chi connectivity index (χ4v) is 3.62. The summed E-state index contributed by atoms with van der Waals surface area (Å²) in [5.74, 6) is -1.00. The van der Waals surface area contributed by atoms with Gasteiger partial charge in [0, 0.05) is 18.2 Å². The highest BCUT2D eigenvalue weighted by Gasteiger charge is 2.32. The number of carbonyl (C=O) groups is 2. The van der Waals surface area contributed by atoms with E-state index in [2.05, 4.69) is 15.6 Å². The van der Waals surface area contributed by atoms with Crippen molar-refractivity contribution in [2.75, 3.05) is 11.9 Å². The van der Waals surface area contributed by atoms with E-state index in [1.54, 1.807) is 79.8 Å². The molecule has 0 spiro atoms. The molecule has 164 valence electrons. The Balaban J connectivity index is 1.68. The molecular weight excluding hydrogens is 421 g/mol. The SMILES string of the molecule is CN1C(=O)C(NC(=O)NC(C#N)c2ccccc2)N=C(c2ccccc2F)c2ccccc21. The number of likely N-dealkylation sites (N-methyl/N-ethyl adjacent to an activating group) is 1. The third kappa shape index (κ3) is 4.43. The van der Waals surface area contributed by atoms with Crippen LogP contribution in [0.4, 0.5) is 14.9 Å². The summed E-state index contributed by atoms with van der Waals surface area (Å²) in [4.78, 5) is 31.7. The largest absolute Gasteiger partial charge is 0.318 e. The molecule has 0 bridgehead atoms. The van der Waals surface area contributed by atoms with E-state index >= 15 is 0 Å². The van der Waals surface area contributed by atoms with Crippen molar-refractivity contribution in [1.29, 1.82) is 5.26 Å². The fourth-order valence-electron chi connectivity index (χ4n) is 3.62. The number of amides is 3. The Labute approximate surface area is 190 Å². The summed E-state index contributed by atoms with van der Waals surface area (Å²) < 4.78 is 14.7. The topological polar surface area (TPSA) is 97.6 Å². The zero-order valence-corrected chi connectivity index (χ0v) is 17.7. The minimum atomic E-state index is -1.33.